The highest BCUT2D eigenvalue weighted by Crippen LogP contribution is 2.26. The number of hydrogen-bond donors (Lipinski definition) is 1. The number of benzene rings is 1. The van der Waals surface area contributed by atoms with Crippen LogP contribution in [0.1, 0.15) is 37.7 Å². The van der Waals surface area contributed by atoms with Crippen LogP contribution >= 0.6 is 0 Å². The zero-order valence-corrected chi connectivity index (χ0v) is 10.9. The number of nitrogens with one attached hydrogen (secondary N) is 1. The number of hydrogen-bond acceptors (Lipinski definition) is 4. The minimum absolute atomic E-state index is 0.0833. The average molecular weight is 243 g/mol. The minimum Gasteiger partial charge on any atom is -0.334 e. The van der Waals surface area contributed by atoms with Gasteiger partial charge in [0.2, 0.25) is 0 Å². The van der Waals surface area contributed by atoms with Crippen LogP contribution in [0.2, 0.25) is 0 Å². The lowest BCUT2D eigenvalue weighted by Gasteiger charge is -2.10. The fourth-order valence-corrected chi connectivity index (χ4v) is 2.07. The first-order valence-corrected chi connectivity index (χ1v) is 6.21. The van der Waals surface area contributed by atoms with Crippen molar-refractivity contribution in [2.75, 3.05) is 0 Å². The van der Waals surface area contributed by atoms with Gasteiger partial charge in [-0.15, -0.1) is 0 Å². The topological polar surface area (TPSA) is 51.0 Å². The molecule has 0 amide bonds. The Hall–Kier alpha value is -1.68. The molecule has 0 atom stereocenters. The zero-order chi connectivity index (χ0) is 12.8. The molecule has 3 rings (SSSR count). The van der Waals surface area contributed by atoms with E-state index < -0.39 is 0 Å². The van der Waals surface area contributed by atoms with Gasteiger partial charge in [0.1, 0.15) is 0 Å². The SMILES string of the molecule is CC(C)(C)c1noc(-c2ccc3c(c2)CNC3)n1. The van der Waals surface area contributed by atoms with Crippen LogP contribution in [-0.4, -0.2) is 10.1 Å². The van der Waals surface area contributed by atoms with Gasteiger partial charge in [-0.05, 0) is 23.3 Å². The Kier molecular flexibility index (Phi) is 2.48. The van der Waals surface area contributed by atoms with Crippen molar-refractivity contribution in [2.45, 2.75) is 39.3 Å². The molecule has 4 heteroatoms. The van der Waals surface area contributed by atoms with Crippen LogP contribution in [0.15, 0.2) is 22.7 Å². The van der Waals surface area contributed by atoms with Gasteiger partial charge in [0, 0.05) is 24.1 Å². The minimum atomic E-state index is -0.0833. The smallest absolute Gasteiger partial charge is 0.257 e. The molecule has 0 saturated carbocycles. The van der Waals surface area contributed by atoms with E-state index in [0.717, 1.165) is 24.5 Å². The normalized spacial score (nSPS) is 14.8. The molecule has 0 fully saturated rings. The molecule has 0 saturated heterocycles. The molecule has 94 valence electrons. The summed E-state index contributed by atoms with van der Waals surface area (Å²) in [6, 6.07) is 6.31. The summed E-state index contributed by atoms with van der Waals surface area (Å²) >= 11 is 0. The number of rotatable bonds is 1. The molecule has 1 aromatic carbocycles. The van der Waals surface area contributed by atoms with Gasteiger partial charge in [0.25, 0.3) is 5.89 Å². The van der Waals surface area contributed by atoms with E-state index in [9.17, 15) is 0 Å². The molecule has 0 unspecified atom stereocenters. The zero-order valence-electron chi connectivity index (χ0n) is 10.9. The summed E-state index contributed by atoms with van der Waals surface area (Å²) in [5.74, 6) is 1.35. The summed E-state index contributed by atoms with van der Waals surface area (Å²) in [6.07, 6.45) is 0. The van der Waals surface area contributed by atoms with E-state index in [2.05, 4.69) is 48.4 Å². The van der Waals surface area contributed by atoms with Gasteiger partial charge in [-0.2, -0.15) is 4.98 Å². The third kappa shape index (κ3) is 1.93. The molecule has 2 aromatic rings. The van der Waals surface area contributed by atoms with Crippen LogP contribution in [0.4, 0.5) is 0 Å². The Balaban J connectivity index is 1.98. The van der Waals surface area contributed by atoms with Crippen molar-refractivity contribution in [3.05, 3.63) is 35.2 Å². The molecule has 1 aliphatic heterocycles. The van der Waals surface area contributed by atoms with Gasteiger partial charge >= 0.3 is 0 Å². The van der Waals surface area contributed by atoms with Gasteiger partial charge in [-0.25, -0.2) is 0 Å². The van der Waals surface area contributed by atoms with E-state index in [1.54, 1.807) is 0 Å². The standard InChI is InChI=1S/C14H17N3O/c1-14(2,3)13-16-12(18-17-13)9-4-5-10-7-15-8-11(10)6-9/h4-6,15H,7-8H2,1-3H3. The van der Waals surface area contributed by atoms with Crippen LogP contribution < -0.4 is 5.32 Å². The molecule has 1 N–H and O–H groups in total. The van der Waals surface area contributed by atoms with E-state index in [4.69, 9.17) is 4.52 Å². The molecule has 0 aliphatic carbocycles. The summed E-state index contributed by atoms with van der Waals surface area (Å²) in [4.78, 5) is 4.48. The first kappa shape index (κ1) is 11.4. The van der Waals surface area contributed by atoms with Gasteiger partial charge < -0.3 is 9.84 Å². The van der Waals surface area contributed by atoms with Crippen LogP contribution in [0.3, 0.4) is 0 Å². The summed E-state index contributed by atoms with van der Waals surface area (Å²) in [5, 5.41) is 7.38. The Labute approximate surface area is 106 Å². The van der Waals surface area contributed by atoms with Crippen LogP contribution in [0.5, 0.6) is 0 Å². The van der Waals surface area contributed by atoms with Crippen molar-refractivity contribution >= 4 is 0 Å². The summed E-state index contributed by atoms with van der Waals surface area (Å²) in [5.41, 5.74) is 3.60. The van der Waals surface area contributed by atoms with Crippen molar-refractivity contribution in [3.8, 4) is 11.5 Å². The summed E-state index contributed by atoms with van der Waals surface area (Å²) in [7, 11) is 0. The van der Waals surface area contributed by atoms with Crippen molar-refractivity contribution in [2.24, 2.45) is 0 Å². The maximum absolute atomic E-state index is 5.36. The second-order valence-electron chi connectivity index (χ2n) is 5.76. The highest BCUT2D eigenvalue weighted by Gasteiger charge is 2.22. The monoisotopic (exact) mass is 243 g/mol. The van der Waals surface area contributed by atoms with E-state index in [1.165, 1.54) is 11.1 Å². The van der Waals surface area contributed by atoms with Crippen LogP contribution in [0.25, 0.3) is 11.5 Å². The Morgan fingerprint density at radius 1 is 1.17 bits per heavy atom. The molecule has 4 nitrogen and oxygen atoms in total. The van der Waals surface area contributed by atoms with Gasteiger partial charge in [-0.1, -0.05) is 32.0 Å². The van der Waals surface area contributed by atoms with Crippen molar-refractivity contribution in [1.29, 1.82) is 0 Å². The molecule has 1 aliphatic rings. The van der Waals surface area contributed by atoms with Crippen molar-refractivity contribution in [1.82, 2.24) is 15.5 Å². The lowest BCUT2D eigenvalue weighted by atomic mass is 9.96. The first-order chi connectivity index (χ1) is 8.54. The third-order valence-electron chi connectivity index (χ3n) is 3.18. The molecule has 1 aromatic heterocycles. The maximum atomic E-state index is 5.36. The fraction of sp³-hybridized carbons (Fsp3) is 0.429. The molecular weight excluding hydrogens is 226 g/mol. The van der Waals surface area contributed by atoms with Gasteiger partial charge in [-0.3, -0.25) is 0 Å². The Morgan fingerprint density at radius 2 is 1.94 bits per heavy atom. The van der Waals surface area contributed by atoms with Crippen LogP contribution in [0, 0.1) is 0 Å². The van der Waals surface area contributed by atoms with Crippen molar-refractivity contribution < 1.29 is 4.52 Å². The van der Waals surface area contributed by atoms with Crippen molar-refractivity contribution in [3.63, 3.8) is 0 Å². The predicted octanol–water partition coefficient (Wildman–Crippen LogP) is 2.64. The number of aromatic nitrogens is 2. The Morgan fingerprint density at radius 3 is 2.67 bits per heavy atom. The fourth-order valence-electron chi connectivity index (χ4n) is 2.07. The van der Waals surface area contributed by atoms with E-state index in [-0.39, 0.29) is 5.41 Å². The molecule has 0 spiro atoms. The highest BCUT2D eigenvalue weighted by atomic mass is 16.5. The quantitative estimate of drug-likeness (QED) is 0.836. The molecular formula is C14H17N3O. The average Bonchev–Trinajstić information content (AvgIpc) is 2.96. The largest absolute Gasteiger partial charge is 0.334 e. The first-order valence-electron chi connectivity index (χ1n) is 6.21. The van der Waals surface area contributed by atoms with E-state index in [1.807, 2.05) is 6.07 Å². The third-order valence-corrected chi connectivity index (χ3v) is 3.18. The lowest BCUT2D eigenvalue weighted by molar-refractivity contribution is 0.402. The molecule has 0 bridgehead atoms. The second kappa shape index (κ2) is 3.92. The van der Waals surface area contributed by atoms with E-state index in [0.29, 0.717) is 5.89 Å². The molecule has 2 heterocycles. The predicted molar refractivity (Wildman–Crippen MR) is 69.0 cm³/mol. The lowest BCUT2D eigenvalue weighted by Crippen LogP contribution is -2.13. The van der Waals surface area contributed by atoms with Crippen LogP contribution in [-0.2, 0) is 18.5 Å². The van der Waals surface area contributed by atoms with Gasteiger partial charge in [0.15, 0.2) is 5.82 Å². The number of nitrogens with zero attached hydrogens (tertiary/aromatic N) is 2. The summed E-state index contributed by atoms with van der Waals surface area (Å²) in [6.45, 7) is 8.10. The summed E-state index contributed by atoms with van der Waals surface area (Å²) < 4.78 is 5.36. The van der Waals surface area contributed by atoms with E-state index >= 15 is 0 Å². The Bertz CT molecular complexity index is 581. The maximum Gasteiger partial charge on any atom is 0.257 e. The molecule has 0 radical (unpaired) electrons. The number of fused-ring (bicyclic) bond motifs is 1. The second-order valence-corrected chi connectivity index (χ2v) is 5.76. The highest BCUT2D eigenvalue weighted by molar-refractivity contribution is 5.56. The van der Waals surface area contributed by atoms with Gasteiger partial charge in [0.05, 0.1) is 0 Å². The molecule has 18 heavy (non-hydrogen) atoms.